The van der Waals surface area contributed by atoms with Crippen molar-refractivity contribution in [1.29, 1.82) is 0 Å². The van der Waals surface area contributed by atoms with E-state index < -0.39 is 12.0 Å². The summed E-state index contributed by atoms with van der Waals surface area (Å²) in [6.07, 6.45) is 0.367. The molecule has 0 aliphatic heterocycles. The Labute approximate surface area is 137 Å². The second-order valence-electron chi connectivity index (χ2n) is 4.90. The number of aliphatic carboxylic acids is 1. The number of carbonyl (C=O) groups is 2. The number of tetrazole rings is 1. The number of anilines is 1. The molecule has 0 unspecified atom stereocenters. The number of nitrogens with one attached hydrogen (secondary N) is 2. The first kappa shape index (κ1) is 17.2. The molecule has 24 heavy (non-hydrogen) atoms. The van der Waals surface area contributed by atoms with E-state index in [-0.39, 0.29) is 13.0 Å². The molecular formula is C14H18N6O4. The lowest BCUT2D eigenvalue weighted by molar-refractivity contribution is -0.137. The molecule has 0 aliphatic rings. The number of benzene rings is 1. The van der Waals surface area contributed by atoms with Crippen molar-refractivity contribution in [2.75, 3.05) is 19.0 Å². The Morgan fingerprint density at radius 3 is 2.79 bits per heavy atom. The Morgan fingerprint density at radius 2 is 2.17 bits per heavy atom. The Bertz CT molecular complexity index is 730. The summed E-state index contributed by atoms with van der Waals surface area (Å²) >= 11 is 0. The number of carboxylic acid groups (broad SMARTS) is 1. The van der Waals surface area contributed by atoms with Gasteiger partial charge in [-0.15, -0.1) is 5.10 Å². The zero-order valence-electron chi connectivity index (χ0n) is 13.3. The van der Waals surface area contributed by atoms with E-state index in [9.17, 15) is 9.59 Å². The molecule has 2 amide bonds. The van der Waals surface area contributed by atoms with Crippen LogP contribution in [0.15, 0.2) is 18.2 Å². The molecule has 10 nitrogen and oxygen atoms in total. The van der Waals surface area contributed by atoms with Gasteiger partial charge in [-0.25, -0.2) is 4.79 Å². The van der Waals surface area contributed by atoms with E-state index in [1.54, 1.807) is 25.1 Å². The minimum Gasteiger partial charge on any atom is -0.494 e. The first-order valence-corrected chi connectivity index (χ1v) is 7.21. The third-order valence-corrected chi connectivity index (χ3v) is 3.14. The monoisotopic (exact) mass is 334 g/mol. The average molecular weight is 334 g/mol. The molecule has 128 valence electrons. The fourth-order valence-electron chi connectivity index (χ4n) is 2.00. The molecule has 0 saturated heterocycles. The number of hydrogen-bond acceptors (Lipinski definition) is 6. The Balaban J connectivity index is 2.05. The number of ether oxygens (including phenoxy) is 1. The van der Waals surface area contributed by atoms with Crippen LogP contribution in [0.5, 0.6) is 5.75 Å². The lowest BCUT2D eigenvalue weighted by Crippen LogP contribution is -2.29. The lowest BCUT2D eigenvalue weighted by atomic mass is 10.2. The van der Waals surface area contributed by atoms with Crippen molar-refractivity contribution in [3.63, 3.8) is 0 Å². The van der Waals surface area contributed by atoms with Gasteiger partial charge in [-0.2, -0.15) is 4.68 Å². The quantitative estimate of drug-likeness (QED) is 0.643. The lowest BCUT2D eigenvalue weighted by Gasteiger charge is -2.12. The number of aryl methyl sites for hydroxylation is 1. The highest BCUT2D eigenvalue weighted by Gasteiger charge is 2.12. The van der Waals surface area contributed by atoms with Gasteiger partial charge in [-0.3, -0.25) is 4.79 Å². The summed E-state index contributed by atoms with van der Waals surface area (Å²) in [4.78, 5) is 22.2. The molecule has 3 N–H and O–H groups in total. The van der Waals surface area contributed by atoms with Gasteiger partial charge >= 0.3 is 12.0 Å². The van der Waals surface area contributed by atoms with Gasteiger partial charge in [-0.1, -0.05) is 0 Å². The Kier molecular flexibility index (Phi) is 5.66. The van der Waals surface area contributed by atoms with Crippen LogP contribution >= 0.6 is 0 Å². The minimum absolute atomic E-state index is 0.00550. The molecule has 1 heterocycles. The number of amides is 2. The average Bonchev–Trinajstić information content (AvgIpc) is 2.97. The normalized spacial score (nSPS) is 10.2. The van der Waals surface area contributed by atoms with Gasteiger partial charge in [0.25, 0.3) is 0 Å². The molecule has 0 aliphatic carbocycles. The van der Waals surface area contributed by atoms with E-state index in [0.717, 1.165) is 0 Å². The zero-order chi connectivity index (χ0) is 17.5. The Hall–Kier alpha value is -3.17. The van der Waals surface area contributed by atoms with Crippen LogP contribution in [0.2, 0.25) is 0 Å². The summed E-state index contributed by atoms with van der Waals surface area (Å²) in [6.45, 7) is 2.02. The van der Waals surface area contributed by atoms with E-state index >= 15 is 0 Å². The van der Waals surface area contributed by atoms with E-state index in [0.29, 0.717) is 29.4 Å². The molecule has 0 saturated carbocycles. The van der Waals surface area contributed by atoms with E-state index in [4.69, 9.17) is 9.84 Å². The largest absolute Gasteiger partial charge is 0.494 e. The van der Waals surface area contributed by atoms with Gasteiger partial charge < -0.3 is 20.5 Å². The summed E-state index contributed by atoms with van der Waals surface area (Å²) in [5.74, 6) is 0.232. The van der Waals surface area contributed by atoms with Crippen LogP contribution in [-0.2, 0) is 4.79 Å². The maximum atomic E-state index is 11.8. The standard InChI is InChI=1S/C14H18N6O4/c1-9-17-18-19-20(9)11-8-10(5-6-12(11)24-2)16-14(23)15-7-3-4-13(21)22/h5-6,8H,3-4,7H2,1-2H3,(H,21,22)(H2,15,16,23). The fourth-order valence-corrected chi connectivity index (χ4v) is 2.00. The predicted octanol–water partition coefficient (Wildman–Crippen LogP) is 0.966. The molecule has 2 aromatic rings. The fraction of sp³-hybridized carbons (Fsp3) is 0.357. The predicted molar refractivity (Wildman–Crippen MR) is 84.3 cm³/mol. The number of aromatic nitrogens is 4. The van der Waals surface area contributed by atoms with Gasteiger partial charge in [-0.05, 0) is 42.0 Å². The van der Waals surface area contributed by atoms with Gasteiger partial charge in [0.05, 0.1) is 7.11 Å². The number of rotatable bonds is 7. The number of carboxylic acids is 1. The molecule has 0 bridgehead atoms. The van der Waals surface area contributed by atoms with Crippen LogP contribution in [-0.4, -0.2) is 51.0 Å². The van der Waals surface area contributed by atoms with Crippen molar-refractivity contribution in [2.45, 2.75) is 19.8 Å². The third-order valence-electron chi connectivity index (χ3n) is 3.14. The number of urea groups is 1. The van der Waals surface area contributed by atoms with Crippen LogP contribution in [0, 0.1) is 6.92 Å². The number of methoxy groups -OCH3 is 1. The summed E-state index contributed by atoms with van der Waals surface area (Å²) in [6, 6.07) is 4.62. The first-order chi connectivity index (χ1) is 11.5. The van der Waals surface area contributed by atoms with Gasteiger partial charge in [0, 0.05) is 18.7 Å². The second-order valence-corrected chi connectivity index (χ2v) is 4.90. The topological polar surface area (TPSA) is 131 Å². The van der Waals surface area contributed by atoms with Crippen molar-refractivity contribution in [1.82, 2.24) is 25.5 Å². The smallest absolute Gasteiger partial charge is 0.319 e. The number of hydrogen-bond donors (Lipinski definition) is 3. The van der Waals surface area contributed by atoms with Crippen molar-refractivity contribution in [3.05, 3.63) is 24.0 Å². The van der Waals surface area contributed by atoms with Crippen LogP contribution < -0.4 is 15.4 Å². The first-order valence-electron chi connectivity index (χ1n) is 7.21. The highest BCUT2D eigenvalue weighted by atomic mass is 16.5. The van der Waals surface area contributed by atoms with Crippen molar-refractivity contribution < 1.29 is 19.4 Å². The molecule has 2 rings (SSSR count). The highest BCUT2D eigenvalue weighted by molar-refractivity contribution is 5.89. The van der Waals surface area contributed by atoms with Crippen molar-refractivity contribution >= 4 is 17.7 Å². The molecular weight excluding hydrogens is 316 g/mol. The molecule has 10 heteroatoms. The summed E-state index contributed by atoms with van der Waals surface area (Å²) in [7, 11) is 1.53. The third kappa shape index (κ3) is 4.41. The maximum absolute atomic E-state index is 11.8. The van der Waals surface area contributed by atoms with Crippen LogP contribution in [0.4, 0.5) is 10.5 Å². The van der Waals surface area contributed by atoms with Gasteiger partial charge in [0.1, 0.15) is 11.4 Å². The highest BCUT2D eigenvalue weighted by Crippen LogP contribution is 2.26. The molecule has 0 fully saturated rings. The maximum Gasteiger partial charge on any atom is 0.319 e. The molecule has 1 aromatic carbocycles. The van der Waals surface area contributed by atoms with Crippen LogP contribution in [0.25, 0.3) is 5.69 Å². The van der Waals surface area contributed by atoms with E-state index in [1.165, 1.54) is 11.8 Å². The molecule has 0 radical (unpaired) electrons. The Morgan fingerprint density at radius 1 is 1.38 bits per heavy atom. The number of nitrogens with zero attached hydrogens (tertiary/aromatic N) is 4. The summed E-state index contributed by atoms with van der Waals surface area (Å²) in [5.41, 5.74) is 1.11. The SMILES string of the molecule is COc1ccc(NC(=O)NCCCC(=O)O)cc1-n1nnnc1C. The molecule has 0 spiro atoms. The summed E-state index contributed by atoms with van der Waals surface area (Å²) < 4.78 is 6.78. The second kappa shape index (κ2) is 7.90. The molecule has 1 aromatic heterocycles. The number of carbonyl (C=O) groups excluding carboxylic acids is 1. The van der Waals surface area contributed by atoms with E-state index in [2.05, 4.69) is 26.2 Å². The van der Waals surface area contributed by atoms with Crippen molar-refractivity contribution in [2.24, 2.45) is 0 Å². The zero-order valence-corrected chi connectivity index (χ0v) is 13.3. The van der Waals surface area contributed by atoms with Crippen LogP contribution in [0.1, 0.15) is 18.7 Å². The van der Waals surface area contributed by atoms with Gasteiger partial charge in [0.15, 0.2) is 5.82 Å². The van der Waals surface area contributed by atoms with E-state index in [1.807, 2.05) is 0 Å². The van der Waals surface area contributed by atoms with Crippen molar-refractivity contribution in [3.8, 4) is 11.4 Å². The van der Waals surface area contributed by atoms with Gasteiger partial charge in [0.2, 0.25) is 0 Å². The van der Waals surface area contributed by atoms with Crippen LogP contribution in [0.3, 0.4) is 0 Å². The minimum atomic E-state index is -0.895. The molecule has 0 atom stereocenters. The summed E-state index contributed by atoms with van der Waals surface area (Å²) in [5, 5.41) is 25.1.